The first kappa shape index (κ1) is 24.0. The number of hydrogen-bond acceptors (Lipinski definition) is 2. The average molecular weight is 443 g/mol. The van der Waals surface area contributed by atoms with Gasteiger partial charge in [0.1, 0.15) is 0 Å². The van der Waals surface area contributed by atoms with Gasteiger partial charge in [-0.05, 0) is 111 Å². The third kappa shape index (κ3) is 3.20. The van der Waals surface area contributed by atoms with Gasteiger partial charge in [-0.2, -0.15) is 0 Å². The first-order valence-corrected chi connectivity index (χ1v) is 13.1. The van der Waals surface area contributed by atoms with E-state index in [1.807, 2.05) is 6.08 Å². The van der Waals surface area contributed by atoms with E-state index in [-0.39, 0.29) is 34.7 Å². The van der Waals surface area contributed by atoms with Gasteiger partial charge in [0, 0.05) is 12.3 Å². The lowest BCUT2D eigenvalue weighted by atomic mass is 9.43. The van der Waals surface area contributed by atoms with Gasteiger partial charge in [0.05, 0.1) is 6.10 Å². The average Bonchev–Trinajstić information content (AvgIpc) is 3.29. The summed E-state index contributed by atoms with van der Waals surface area (Å²) >= 11 is 0. The van der Waals surface area contributed by atoms with Crippen molar-refractivity contribution < 1.29 is 15.0 Å². The molecule has 2 N–H and O–H groups in total. The lowest BCUT2D eigenvalue weighted by Gasteiger charge is -2.61. The molecular formula is C29H46O3. The van der Waals surface area contributed by atoms with Gasteiger partial charge in [-0.3, -0.25) is 4.79 Å². The molecule has 9 atom stereocenters. The van der Waals surface area contributed by atoms with Crippen LogP contribution in [0.3, 0.4) is 0 Å². The number of rotatable bonds is 8. The highest BCUT2D eigenvalue weighted by molar-refractivity contribution is 5.67. The Morgan fingerprint density at radius 3 is 2.53 bits per heavy atom. The van der Waals surface area contributed by atoms with Crippen molar-refractivity contribution in [2.24, 2.45) is 45.3 Å². The smallest absolute Gasteiger partial charge is 0.303 e. The Morgan fingerprint density at radius 2 is 1.91 bits per heavy atom. The number of carbonyl (C=O) groups is 1. The molecule has 4 saturated carbocycles. The van der Waals surface area contributed by atoms with E-state index in [1.165, 1.54) is 44.1 Å². The van der Waals surface area contributed by atoms with E-state index in [2.05, 4.69) is 47.3 Å². The molecule has 0 aromatic rings. The molecule has 0 aromatic heterocycles. The Kier molecular flexibility index (Phi) is 6.01. The fourth-order valence-corrected chi connectivity index (χ4v) is 9.78. The summed E-state index contributed by atoms with van der Waals surface area (Å²) in [6.07, 6.45) is 14.3. The molecule has 3 nitrogen and oxygen atoms in total. The lowest BCUT2D eigenvalue weighted by Crippen LogP contribution is -2.56. The van der Waals surface area contributed by atoms with Crippen molar-refractivity contribution in [3.8, 4) is 0 Å². The van der Waals surface area contributed by atoms with Crippen LogP contribution in [0.2, 0.25) is 0 Å². The van der Waals surface area contributed by atoms with E-state index in [0.717, 1.165) is 24.7 Å². The summed E-state index contributed by atoms with van der Waals surface area (Å²) in [4.78, 5) is 11.5. The molecule has 0 unspecified atom stereocenters. The van der Waals surface area contributed by atoms with E-state index < -0.39 is 5.97 Å². The van der Waals surface area contributed by atoms with Crippen LogP contribution >= 0.6 is 0 Å². The number of hydrogen-bond donors (Lipinski definition) is 2. The van der Waals surface area contributed by atoms with Crippen LogP contribution in [0.1, 0.15) is 98.8 Å². The number of aliphatic carboxylic acids is 1. The molecule has 0 aliphatic heterocycles. The highest BCUT2D eigenvalue weighted by Crippen LogP contribution is 2.86. The molecular weight excluding hydrogens is 396 g/mol. The number of aliphatic hydroxyl groups is 1. The first-order valence-electron chi connectivity index (χ1n) is 13.1. The van der Waals surface area contributed by atoms with Gasteiger partial charge in [-0.15, -0.1) is 6.58 Å². The Morgan fingerprint density at radius 1 is 1.19 bits per heavy atom. The van der Waals surface area contributed by atoms with Crippen LogP contribution in [-0.4, -0.2) is 22.3 Å². The predicted molar refractivity (Wildman–Crippen MR) is 130 cm³/mol. The Balaban J connectivity index is 1.62. The zero-order valence-corrected chi connectivity index (χ0v) is 21.1. The number of fused-ring (bicyclic) bond motifs is 2. The maximum absolute atomic E-state index is 11.5. The second-order valence-corrected chi connectivity index (χ2v) is 12.8. The predicted octanol–water partition coefficient (Wildman–Crippen LogP) is 7.01. The van der Waals surface area contributed by atoms with Crippen LogP contribution in [-0.2, 0) is 4.79 Å². The number of carboxylic acid groups (broad SMARTS) is 1. The molecule has 4 fully saturated rings. The summed E-state index contributed by atoms with van der Waals surface area (Å²) in [6, 6.07) is 0. The largest absolute Gasteiger partial charge is 0.481 e. The van der Waals surface area contributed by atoms with E-state index in [9.17, 15) is 15.0 Å². The SMILES string of the molecule is C=C[C@@H]1[C@@H](O)C[C@@H]2[C@]3(CC[C@]4(C)[C@@H]([C@H](C)CCC=C(C)C)CC[C@@]24C)C[C@]13CCC(=O)O. The maximum atomic E-state index is 11.5. The van der Waals surface area contributed by atoms with Crippen molar-refractivity contribution in [1.29, 1.82) is 0 Å². The van der Waals surface area contributed by atoms with Crippen LogP contribution in [0.5, 0.6) is 0 Å². The third-order valence-corrected chi connectivity index (χ3v) is 11.6. The van der Waals surface area contributed by atoms with Gasteiger partial charge in [0.15, 0.2) is 0 Å². The van der Waals surface area contributed by atoms with Crippen molar-refractivity contribution >= 4 is 5.97 Å². The molecule has 0 saturated heterocycles. The van der Waals surface area contributed by atoms with Gasteiger partial charge < -0.3 is 10.2 Å². The van der Waals surface area contributed by atoms with E-state index in [1.54, 1.807) is 0 Å². The Bertz CT molecular complexity index is 796. The van der Waals surface area contributed by atoms with Gasteiger partial charge >= 0.3 is 5.97 Å². The molecule has 0 amide bonds. The fourth-order valence-electron chi connectivity index (χ4n) is 9.78. The maximum Gasteiger partial charge on any atom is 0.303 e. The second kappa shape index (κ2) is 8.00. The van der Waals surface area contributed by atoms with Gasteiger partial charge in [-0.1, -0.05) is 38.5 Å². The summed E-state index contributed by atoms with van der Waals surface area (Å²) in [7, 11) is 0. The molecule has 0 radical (unpaired) electrons. The minimum absolute atomic E-state index is 0.0475. The van der Waals surface area contributed by atoms with Crippen LogP contribution in [0.15, 0.2) is 24.3 Å². The number of allylic oxidation sites excluding steroid dienone is 2. The molecule has 0 heterocycles. The highest BCUT2D eigenvalue weighted by atomic mass is 16.4. The van der Waals surface area contributed by atoms with Crippen molar-refractivity contribution in [2.45, 2.75) is 105 Å². The van der Waals surface area contributed by atoms with Gasteiger partial charge in [0.25, 0.3) is 0 Å². The standard InChI is InChI=1S/C29H46O3/c1-7-21-23(30)17-24-27(6)13-11-22(20(4)10-8-9-19(2)3)26(27,5)15-16-29(24)18-28(21,29)14-12-25(31)32/h7,9,20-24,30H,1,8,10-18H2,2-6H3,(H,31,32)/t20-,21-,22-,23+,24+,26-,27+,28-,29+/m1/s1. The highest BCUT2D eigenvalue weighted by Gasteiger charge is 2.80. The first-order chi connectivity index (χ1) is 15.0. The molecule has 1 spiro atoms. The van der Waals surface area contributed by atoms with E-state index in [0.29, 0.717) is 17.8 Å². The fraction of sp³-hybridized carbons (Fsp3) is 0.828. The monoisotopic (exact) mass is 442 g/mol. The van der Waals surface area contributed by atoms with E-state index >= 15 is 0 Å². The van der Waals surface area contributed by atoms with Crippen molar-refractivity contribution in [3.63, 3.8) is 0 Å². The summed E-state index contributed by atoms with van der Waals surface area (Å²) in [6.45, 7) is 16.1. The number of aliphatic hydroxyl groups excluding tert-OH is 1. The quantitative estimate of drug-likeness (QED) is 0.397. The molecule has 0 aromatic carbocycles. The van der Waals surface area contributed by atoms with Gasteiger partial charge in [0.2, 0.25) is 0 Å². The molecule has 3 heteroatoms. The topological polar surface area (TPSA) is 57.5 Å². The van der Waals surface area contributed by atoms with Crippen molar-refractivity contribution in [1.82, 2.24) is 0 Å². The zero-order valence-electron chi connectivity index (χ0n) is 21.1. The second-order valence-electron chi connectivity index (χ2n) is 12.8. The summed E-state index contributed by atoms with van der Waals surface area (Å²) < 4.78 is 0. The lowest BCUT2D eigenvalue weighted by molar-refractivity contribution is -0.149. The van der Waals surface area contributed by atoms with Crippen LogP contribution in [0.25, 0.3) is 0 Å². The summed E-state index contributed by atoms with van der Waals surface area (Å²) in [5, 5.41) is 20.7. The molecule has 0 bridgehead atoms. The summed E-state index contributed by atoms with van der Waals surface area (Å²) in [5.74, 6) is 1.31. The minimum Gasteiger partial charge on any atom is -0.481 e. The minimum atomic E-state index is -0.709. The van der Waals surface area contributed by atoms with Crippen molar-refractivity contribution in [3.05, 3.63) is 24.3 Å². The van der Waals surface area contributed by atoms with Crippen LogP contribution in [0.4, 0.5) is 0 Å². The number of carboxylic acids is 1. The zero-order chi connectivity index (χ0) is 23.5. The molecule has 180 valence electrons. The molecule has 4 aliphatic carbocycles. The van der Waals surface area contributed by atoms with Crippen LogP contribution < -0.4 is 0 Å². The molecule has 4 rings (SSSR count). The molecule has 32 heavy (non-hydrogen) atoms. The van der Waals surface area contributed by atoms with Crippen LogP contribution in [0, 0.1) is 45.3 Å². The molecule has 4 aliphatic rings. The Labute approximate surface area is 195 Å². The van der Waals surface area contributed by atoms with E-state index in [4.69, 9.17) is 0 Å². The normalized spacial score (nSPS) is 47.6. The third-order valence-electron chi connectivity index (χ3n) is 11.6. The Hall–Kier alpha value is -1.09. The van der Waals surface area contributed by atoms with Gasteiger partial charge in [-0.25, -0.2) is 0 Å². The summed E-state index contributed by atoms with van der Waals surface area (Å²) in [5.41, 5.74) is 2.13. The van der Waals surface area contributed by atoms with Crippen molar-refractivity contribution in [2.75, 3.05) is 0 Å².